The first-order valence-corrected chi connectivity index (χ1v) is 7.23. The molecule has 1 aromatic heterocycles. The zero-order valence-corrected chi connectivity index (χ0v) is 12.4. The highest BCUT2D eigenvalue weighted by Gasteiger charge is 2.23. The Kier molecular flexibility index (Phi) is 4.22. The van der Waals surface area contributed by atoms with E-state index >= 15 is 0 Å². The van der Waals surface area contributed by atoms with Crippen molar-refractivity contribution in [1.82, 2.24) is 9.97 Å². The summed E-state index contributed by atoms with van der Waals surface area (Å²) in [5.41, 5.74) is 1.12. The van der Waals surface area contributed by atoms with Crippen molar-refractivity contribution < 1.29 is 9.47 Å². The smallest absolute Gasteiger partial charge is 0.158 e. The Morgan fingerprint density at radius 3 is 3.10 bits per heavy atom. The number of hydrogen-bond acceptors (Lipinski definition) is 5. The highest BCUT2D eigenvalue weighted by Crippen LogP contribution is 2.33. The van der Waals surface area contributed by atoms with Gasteiger partial charge in [0, 0.05) is 18.2 Å². The molecule has 0 radical (unpaired) electrons. The fourth-order valence-electron chi connectivity index (χ4n) is 2.26. The number of rotatable bonds is 5. The van der Waals surface area contributed by atoms with Gasteiger partial charge in [-0.1, -0.05) is 29.8 Å². The van der Waals surface area contributed by atoms with Crippen LogP contribution in [0.4, 0.5) is 5.82 Å². The predicted molar refractivity (Wildman–Crippen MR) is 80.7 cm³/mol. The molecule has 1 aromatic carbocycles. The van der Waals surface area contributed by atoms with Crippen LogP contribution in [0.5, 0.6) is 5.75 Å². The van der Waals surface area contributed by atoms with E-state index in [9.17, 15) is 0 Å². The first-order chi connectivity index (χ1) is 10.3. The Balaban J connectivity index is 1.78. The van der Waals surface area contributed by atoms with Crippen molar-refractivity contribution in [3.63, 3.8) is 0 Å². The molecule has 1 unspecified atom stereocenters. The topological polar surface area (TPSA) is 56.3 Å². The molecule has 5 nitrogen and oxygen atoms in total. The molecule has 2 aromatic rings. The van der Waals surface area contributed by atoms with E-state index in [1.54, 1.807) is 6.07 Å². The summed E-state index contributed by atoms with van der Waals surface area (Å²) in [6, 6.07) is 9.73. The van der Waals surface area contributed by atoms with Gasteiger partial charge < -0.3 is 14.8 Å². The van der Waals surface area contributed by atoms with Gasteiger partial charge in [0.05, 0.1) is 6.04 Å². The number of nitrogens with one attached hydrogen (secondary N) is 1. The zero-order valence-electron chi connectivity index (χ0n) is 11.7. The highest BCUT2D eigenvalue weighted by molar-refractivity contribution is 6.29. The lowest BCUT2D eigenvalue weighted by molar-refractivity contribution is 0.128. The van der Waals surface area contributed by atoms with Crippen molar-refractivity contribution >= 4 is 17.4 Å². The second kappa shape index (κ2) is 6.28. The van der Waals surface area contributed by atoms with E-state index in [1.807, 2.05) is 31.2 Å². The number of hydrogen-bond donors (Lipinski definition) is 1. The fraction of sp³-hybridized carbons (Fsp3) is 0.333. The predicted octanol–water partition coefficient (Wildman–Crippen LogP) is 3.21. The second-order valence-corrected chi connectivity index (χ2v) is 5.06. The summed E-state index contributed by atoms with van der Waals surface area (Å²) in [4.78, 5) is 8.57. The number of benzene rings is 1. The first-order valence-electron chi connectivity index (χ1n) is 6.85. The Morgan fingerprint density at radius 2 is 2.24 bits per heavy atom. The molecular formula is C15H16ClN3O2. The van der Waals surface area contributed by atoms with Gasteiger partial charge in [-0.25, -0.2) is 9.97 Å². The minimum absolute atomic E-state index is 0.0621. The normalized spacial score (nSPS) is 16.4. The summed E-state index contributed by atoms with van der Waals surface area (Å²) >= 11 is 6.04. The molecule has 0 saturated carbocycles. The third-order valence-electron chi connectivity index (χ3n) is 3.20. The van der Waals surface area contributed by atoms with Crippen LogP contribution in [-0.2, 0) is 11.3 Å². The fourth-order valence-corrected chi connectivity index (χ4v) is 2.46. The summed E-state index contributed by atoms with van der Waals surface area (Å²) in [7, 11) is 0. The molecule has 1 aliphatic rings. The van der Waals surface area contributed by atoms with Gasteiger partial charge in [0.1, 0.15) is 29.9 Å². The van der Waals surface area contributed by atoms with Crippen molar-refractivity contribution in [2.45, 2.75) is 19.6 Å². The minimum Gasteiger partial charge on any atom is -0.491 e. The Labute approximate surface area is 128 Å². The van der Waals surface area contributed by atoms with Crippen LogP contribution in [0.25, 0.3) is 0 Å². The summed E-state index contributed by atoms with van der Waals surface area (Å²) in [6.07, 6.45) is 0. The molecule has 1 aliphatic heterocycles. The Morgan fingerprint density at radius 1 is 1.38 bits per heavy atom. The van der Waals surface area contributed by atoms with E-state index in [-0.39, 0.29) is 6.04 Å². The number of nitrogens with zero attached hydrogens (tertiary/aromatic N) is 2. The van der Waals surface area contributed by atoms with Gasteiger partial charge >= 0.3 is 0 Å². The molecule has 1 atom stereocenters. The molecule has 110 valence electrons. The van der Waals surface area contributed by atoms with Gasteiger partial charge in [-0.05, 0) is 13.0 Å². The molecule has 0 saturated heterocycles. The molecule has 1 N–H and O–H groups in total. The zero-order chi connectivity index (χ0) is 14.7. The van der Waals surface area contributed by atoms with E-state index < -0.39 is 0 Å². The van der Waals surface area contributed by atoms with E-state index in [0.717, 1.165) is 11.3 Å². The molecule has 0 amide bonds. The van der Waals surface area contributed by atoms with Crippen LogP contribution in [-0.4, -0.2) is 23.2 Å². The van der Waals surface area contributed by atoms with Gasteiger partial charge in [0.25, 0.3) is 0 Å². The van der Waals surface area contributed by atoms with Crippen molar-refractivity contribution in [3.8, 4) is 5.75 Å². The SMILES string of the molecule is CCOCc1nc(Cl)cc(NC2COc3ccccc32)n1. The molecule has 3 rings (SSSR count). The largest absolute Gasteiger partial charge is 0.491 e. The molecule has 0 aliphatic carbocycles. The number of anilines is 1. The van der Waals surface area contributed by atoms with Crippen LogP contribution in [0.3, 0.4) is 0 Å². The van der Waals surface area contributed by atoms with Gasteiger partial charge in [-0.3, -0.25) is 0 Å². The average Bonchev–Trinajstić information content (AvgIpc) is 2.88. The molecule has 6 heteroatoms. The molecule has 2 heterocycles. The summed E-state index contributed by atoms with van der Waals surface area (Å²) in [6.45, 7) is 3.46. The number of halogens is 1. The van der Waals surface area contributed by atoms with E-state index in [1.165, 1.54) is 0 Å². The summed E-state index contributed by atoms with van der Waals surface area (Å²) < 4.78 is 11.0. The van der Waals surface area contributed by atoms with E-state index in [0.29, 0.717) is 36.6 Å². The first kappa shape index (κ1) is 14.1. The van der Waals surface area contributed by atoms with Crippen LogP contribution in [0.1, 0.15) is 24.4 Å². The van der Waals surface area contributed by atoms with Crippen LogP contribution in [0.2, 0.25) is 5.15 Å². The summed E-state index contributed by atoms with van der Waals surface area (Å²) in [5, 5.41) is 3.74. The number of fused-ring (bicyclic) bond motifs is 1. The lowest BCUT2D eigenvalue weighted by Gasteiger charge is -2.13. The van der Waals surface area contributed by atoms with Gasteiger partial charge in [-0.15, -0.1) is 0 Å². The van der Waals surface area contributed by atoms with Gasteiger partial charge in [-0.2, -0.15) is 0 Å². The maximum atomic E-state index is 6.04. The lowest BCUT2D eigenvalue weighted by atomic mass is 10.1. The molecular weight excluding hydrogens is 290 g/mol. The molecule has 0 bridgehead atoms. The monoisotopic (exact) mass is 305 g/mol. The highest BCUT2D eigenvalue weighted by atomic mass is 35.5. The van der Waals surface area contributed by atoms with E-state index in [2.05, 4.69) is 15.3 Å². The quantitative estimate of drug-likeness (QED) is 0.860. The third kappa shape index (κ3) is 3.25. The van der Waals surface area contributed by atoms with Crippen molar-refractivity contribution in [2.75, 3.05) is 18.5 Å². The Hall–Kier alpha value is -1.85. The average molecular weight is 306 g/mol. The van der Waals surface area contributed by atoms with Gasteiger partial charge in [0.2, 0.25) is 0 Å². The second-order valence-electron chi connectivity index (χ2n) is 4.68. The lowest BCUT2D eigenvalue weighted by Crippen LogP contribution is -2.14. The van der Waals surface area contributed by atoms with Crippen molar-refractivity contribution in [1.29, 1.82) is 0 Å². The number of ether oxygens (including phenoxy) is 2. The Bertz CT molecular complexity index is 636. The number of aromatic nitrogens is 2. The summed E-state index contributed by atoms with van der Waals surface area (Å²) in [5.74, 6) is 2.15. The van der Waals surface area contributed by atoms with Crippen LogP contribution >= 0.6 is 11.6 Å². The van der Waals surface area contributed by atoms with Crippen LogP contribution < -0.4 is 10.1 Å². The van der Waals surface area contributed by atoms with Crippen LogP contribution in [0.15, 0.2) is 30.3 Å². The standard InChI is InChI=1S/C15H16ClN3O2/c1-2-20-9-15-18-13(16)7-14(19-15)17-11-8-21-12-6-4-3-5-10(11)12/h3-7,11H,2,8-9H2,1H3,(H,17,18,19). The minimum atomic E-state index is 0.0621. The maximum Gasteiger partial charge on any atom is 0.158 e. The van der Waals surface area contributed by atoms with Crippen molar-refractivity contribution in [3.05, 3.63) is 46.9 Å². The van der Waals surface area contributed by atoms with Crippen molar-refractivity contribution in [2.24, 2.45) is 0 Å². The van der Waals surface area contributed by atoms with Crippen LogP contribution in [0, 0.1) is 0 Å². The molecule has 0 fully saturated rings. The van der Waals surface area contributed by atoms with E-state index in [4.69, 9.17) is 21.1 Å². The van der Waals surface area contributed by atoms with Gasteiger partial charge in [0.15, 0.2) is 5.82 Å². The molecule has 0 spiro atoms. The molecule has 21 heavy (non-hydrogen) atoms. The third-order valence-corrected chi connectivity index (χ3v) is 3.39. The number of para-hydroxylation sites is 1. The maximum absolute atomic E-state index is 6.04.